The van der Waals surface area contributed by atoms with E-state index in [0.29, 0.717) is 23.5 Å². The Balaban J connectivity index is 1.84. The van der Waals surface area contributed by atoms with Gasteiger partial charge in [0.05, 0.1) is 24.3 Å². The van der Waals surface area contributed by atoms with Crippen molar-refractivity contribution in [1.82, 2.24) is 4.90 Å². The van der Waals surface area contributed by atoms with Crippen LogP contribution in [-0.4, -0.2) is 94.0 Å². The van der Waals surface area contributed by atoms with Gasteiger partial charge in [0.2, 0.25) is 5.91 Å². The zero-order chi connectivity index (χ0) is 34.3. The quantitative estimate of drug-likeness (QED) is 0.119. The van der Waals surface area contributed by atoms with Gasteiger partial charge in [0.1, 0.15) is 11.5 Å². The number of primary amides is 1. The number of anilines is 2. The highest BCUT2D eigenvalue weighted by Gasteiger charge is 2.58. The number of Topliss-reactive ketones (excluding diaryl/α,β-unsaturated/α-hetero) is 2. The summed E-state index contributed by atoms with van der Waals surface area (Å²) in [4.78, 5) is 44.0. The molecule has 7 N–H and O–H groups in total. The number of nitrogens with zero attached hydrogens (tertiary/aromatic N) is 2. The molecule has 11 nitrogen and oxygen atoms in total. The summed E-state index contributed by atoms with van der Waals surface area (Å²) in [6.07, 6.45) is -0.607. The molecule has 250 valence electrons. The van der Waals surface area contributed by atoms with Crippen LogP contribution in [0.2, 0.25) is 0 Å². The number of aromatic hydroxyl groups is 1. The number of rotatable bonds is 11. The summed E-state index contributed by atoms with van der Waals surface area (Å²) < 4.78 is -0.0235. The summed E-state index contributed by atoms with van der Waals surface area (Å²) in [5.41, 5.74) is 4.99. The molecule has 46 heavy (non-hydrogen) atoms. The lowest BCUT2D eigenvalue weighted by atomic mass is 9.61. The molecule has 1 amide bonds. The lowest BCUT2D eigenvalue weighted by molar-refractivity contribution is -0.151. The third kappa shape index (κ3) is 6.62. The Bertz CT molecular complexity index is 1570. The first kappa shape index (κ1) is 35.3. The van der Waals surface area contributed by atoms with Crippen LogP contribution in [0.1, 0.15) is 55.1 Å². The van der Waals surface area contributed by atoms with E-state index < -0.39 is 59.7 Å². The van der Waals surface area contributed by atoms with Gasteiger partial charge in [0.15, 0.2) is 17.2 Å². The summed E-state index contributed by atoms with van der Waals surface area (Å²) in [5.74, 6) is -5.66. The van der Waals surface area contributed by atoms with E-state index in [-0.39, 0.29) is 34.5 Å². The van der Waals surface area contributed by atoms with Crippen molar-refractivity contribution in [1.29, 1.82) is 0 Å². The van der Waals surface area contributed by atoms with Gasteiger partial charge in [-0.05, 0) is 56.1 Å². The zero-order valence-corrected chi connectivity index (χ0v) is 28.4. The van der Waals surface area contributed by atoms with Gasteiger partial charge in [0.25, 0.3) is 0 Å². The van der Waals surface area contributed by atoms with Crippen molar-refractivity contribution in [3.05, 3.63) is 58.4 Å². The Hall–Kier alpha value is -3.58. The molecule has 0 bridgehead atoms. The number of fused-ring (bicyclic) bond motifs is 2. The van der Waals surface area contributed by atoms with Gasteiger partial charge >= 0.3 is 0 Å². The molecule has 0 unspecified atom stereocenters. The SMILES string of the molecule is CN(C)c1cc(NCc2ccccc2SC(C)(C)C)c(O)c2c1C[C@H]1C[C@@H]([C@@H](CO)N(C)C)[C@](O)(C(=O)CC(N)=O)C(O)=C1C2=O. The van der Waals surface area contributed by atoms with Crippen LogP contribution in [0.3, 0.4) is 0 Å². The summed E-state index contributed by atoms with van der Waals surface area (Å²) >= 11 is 1.72. The molecule has 0 saturated heterocycles. The second-order valence-corrected chi connectivity index (χ2v) is 15.5. The van der Waals surface area contributed by atoms with Crippen LogP contribution >= 0.6 is 11.8 Å². The molecule has 4 atom stereocenters. The van der Waals surface area contributed by atoms with E-state index in [1.165, 1.54) is 0 Å². The smallest absolute Gasteiger partial charge is 0.225 e. The predicted molar refractivity (Wildman–Crippen MR) is 179 cm³/mol. The number of aliphatic hydroxyl groups excluding tert-OH is 2. The number of nitrogens with one attached hydrogen (secondary N) is 1. The Morgan fingerprint density at radius 2 is 1.80 bits per heavy atom. The van der Waals surface area contributed by atoms with Crippen LogP contribution in [0.15, 0.2) is 46.6 Å². The average molecular weight is 655 g/mol. The van der Waals surface area contributed by atoms with E-state index in [1.807, 2.05) is 43.3 Å². The van der Waals surface area contributed by atoms with Crippen LogP contribution in [0.4, 0.5) is 11.4 Å². The average Bonchev–Trinajstić information content (AvgIpc) is 2.94. The maximum atomic E-state index is 14.3. The number of thioether (sulfide) groups is 1. The van der Waals surface area contributed by atoms with E-state index in [9.17, 15) is 34.8 Å². The summed E-state index contributed by atoms with van der Waals surface area (Å²) in [6.45, 7) is 6.29. The first-order valence-corrected chi connectivity index (χ1v) is 16.1. The molecule has 12 heteroatoms. The molecule has 0 aromatic heterocycles. The number of phenols is 1. The maximum Gasteiger partial charge on any atom is 0.225 e. The molecule has 2 aliphatic rings. The number of carbonyl (C=O) groups excluding carboxylic acids is 3. The fourth-order valence-corrected chi connectivity index (χ4v) is 7.78. The van der Waals surface area contributed by atoms with Gasteiger partial charge < -0.3 is 41.3 Å². The molecule has 2 aromatic rings. The molecule has 0 spiro atoms. The monoisotopic (exact) mass is 654 g/mol. The van der Waals surface area contributed by atoms with Gasteiger partial charge in [-0.1, -0.05) is 39.0 Å². The second kappa shape index (κ2) is 13.3. The van der Waals surface area contributed by atoms with Crippen molar-refractivity contribution < 1.29 is 34.8 Å². The zero-order valence-electron chi connectivity index (χ0n) is 27.5. The molecule has 0 saturated carbocycles. The number of phenolic OH excluding ortho intramolecular Hbond substituents is 1. The normalized spacial score (nSPS) is 21.9. The van der Waals surface area contributed by atoms with Gasteiger partial charge in [-0.3, -0.25) is 14.4 Å². The van der Waals surface area contributed by atoms with Crippen molar-refractivity contribution in [2.75, 3.05) is 45.0 Å². The van der Waals surface area contributed by atoms with Crippen molar-refractivity contribution in [3.63, 3.8) is 0 Å². The Morgan fingerprint density at radius 3 is 2.37 bits per heavy atom. The summed E-state index contributed by atoms with van der Waals surface area (Å²) in [6, 6.07) is 8.94. The number of benzene rings is 2. The van der Waals surface area contributed by atoms with Gasteiger partial charge in [-0.25, -0.2) is 0 Å². The fourth-order valence-electron chi connectivity index (χ4n) is 6.70. The second-order valence-electron chi connectivity index (χ2n) is 13.6. The largest absolute Gasteiger partial charge is 0.508 e. The van der Waals surface area contributed by atoms with E-state index in [0.717, 1.165) is 10.5 Å². The highest BCUT2D eigenvalue weighted by molar-refractivity contribution is 8.00. The van der Waals surface area contributed by atoms with Crippen LogP contribution in [0.5, 0.6) is 5.75 Å². The predicted octanol–water partition coefficient (Wildman–Crippen LogP) is 3.25. The fraction of sp³-hybridized carbons (Fsp3) is 0.500. The number of ketones is 2. The third-order valence-electron chi connectivity index (χ3n) is 8.82. The number of likely N-dealkylation sites (N-methyl/N-ethyl adjacent to an activating group) is 1. The summed E-state index contributed by atoms with van der Waals surface area (Å²) in [5, 5.41) is 48.7. The van der Waals surface area contributed by atoms with Crippen molar-refractivity contribution in [3.8, 4) is 5.75 Å². The van der Waals surface area contributed by atoms with Gasteiger partial charge in [0, 0.05) is 53.5 Å². The maximum absolute atomic E-state index is 14.3. The molecular formula is C34H46N4O7S. The molecule has 2 aliphatic carbocycles. The van der Waals surface area contributed by atoms with E-state index in [1.54, 1.807) is 36.8 Å². The van der Waals surface area contributed by atoms with Crippen LogP contribution in [0.25, 0.3) is 0 Å². The molecule has 0 aliphatic heterocycles. The van der Waals surface area contributed by atoms with E-state index in [4.69, 9.17) is 5.73 Å². The highest BCUT2D eigenvalue weighted by Crippen LogP contribution is 2.52. The molecule has 0 radical (unpaired) electrons. The van der Waals surface area contributed by atoms with Crippen LogP contribution in [0, 0.1) is 11.8 Å². The van der Waals surface area contributed by atoms with Crippen molar-refractivity contribution in [2.24, 2.45) is 17.6 Å². The van der Waals surface area contributed by atoms with E-state index >= 15 is 0 Å². The van der Waals surface area contributed by atoms with Gasteiger partial charge in [-0.2, -0.15) is 0 Å². The molecule has 4 rings (SSSR count). The minimum absolute atomic E-state index is 0.0235. The number of allylic oxidation sites excluding steroid dienone is 1. The Morgan fingerprint density at radius 1 is 1.15 bits per heavy atom. The van der Waals surface area contributed by atoms with E-state index in [2.05, 4.69) is 26.1 Å². The Labute approximate surface area is 274 Å². The number of hydrogen-bond acceptors (Lipinski definition) is 11. The molecule has 0 heterocycles. The number of aliphatic hydroxyl groups is 3. The lowest BCUT2D eigenvalue weighted by Gasteiger charge is -2.47. The lowest BCUT2D eigenvalue weighted by Crippen LogP contribution is -2.60. The number of hydrogen-bond donors (Lipinski definition) is 6. The minimum Gasteiger partial charge on any atom is -0.508 e. The highest BCUT2D eigenvalue weighted by atomic mass is 32.2. The van der Waals surface area contributed by atoms with Crippen molar-refractivity contribution in [2.45, 2.75) is 67.9 Å². The first-order chi connectivity index (χ1) is 21.4. The topological polar surface area (TPSA) is 177 Å². The molecule has 2 aromatic carbocycles. The number of carbonyl (C=O) groups is 3. The first-order valence-electron chi connectivity index (χ1n) is 15.3. The van der Waals surface area contributed by atoms with Crippen molar-refractivity contribution >= 4 is 40.6 Å². The van der Waals surface area contributed by atoms with Gasteiger partial charge in [-0.15, -0.1) is 11.8 Å². The van der Waals surface area contributed by atoms with Crippen LogP contribution in [-0.2, 0) is 22.6 Å². The Kier molecular flexibility index (Phi) is 10.2. The minimum atomic E-state index is -2.66. The number of amides is 1. The molecule has 0 fully saturated rings. The molecular weight excluding hydrogens is 608 g/mol. The summed E-state index contributed by atoms with van der Waals surface area (Å²) in [7, 11) is 6.98. The standard InChI is InChI=1S/C34H46N4O7S/c1-33(2,3)46-25-11-9-8-10-18(25)16-36-22-14-23(37(4)5)20-12-19-13-21(24(17-39)38(6)7)34(45,26(40)15-27(35)41)32(44)28(19)31(43)29(20)30(22)42/h8-11,14,19,21,24,36,39,42,44-45H,12-13,15-17H2,1-7H3,(H2,35,41)/t19-,21-,24+,34-/m0/s1. The van der Waals surface area contributed by atoms with Crippen LogP contribution < -0.4 is 16.0 Å². The number of nitrogens with two attached hydrogens (primary N) is 1. The third-order valence-corrected chi connectivity index (χ3v) is 10.1.